The lowest BCUT2D eigenvalue weighted by atomic mass is 10.2. The first kappa shape index (κ1) is 16.2. The number of methoxy groups -OCH3 is 1. The number of carbonyl (C=O) groups excluding carboxylic acids is 1. The maximum atomic E-state index is 11.9. The quantitative estimate of drug-likeness (QED) is 0.606. The predicted octanol–water partition coefficient (Wildman–Crippen LogP) is 1.54. The number of nitrogens with zero attached hydrogens (tertiary/aromatic N) is 2. The SMILES string of the molecule is CCN(CC(=O)O)C(=O)Nc1ccc(OC)c([N+](=O)[O-])c1. The number of hydrogen-bond donors (Lipinski definition) is 2. The molecule has 0 bridgehead atoms. The Kier molecular flexibility index (Phi) is 5.47. The number of rotatable bonds is 6. The Morgan fingerprint density at radius 3 is 2.62 bits per heavy atom. The van der Waals surface area contributed by atoms with E-state index in [1.165, 1.54) is 19.2 Å². The van der Waals surface area contributed by atoms with E-state index < -0.39 is 23.5 Å². The first-order chi connectivity index (χ1) is 9.88. The Morgan fingerprint density at radius 2 is 2.14 bits per heavy atom. The molecule has 0 saturated heterocycles. The van der Waals surface area contributed by atoms with Gasteiger partial charge in [-0.1, -0.05) is 0 Å². The Labute approximate surface area is 120 Å². The topological polar surface area (TPSA) is 122 Å². The summed E-state index contributed by atoms with van der Waals surface area (Å²) in [6.07, 6.45) is 0. The van der Waals surface area contributed by atoms with Crippen LogP contribution in [0.25, 0.3) is 0 Å². The normalized spacial score (nSPS) is 9.81. The Morgan fingerprint density at radius 1 is 1.48 bits per heavy atom. The summed E-state index contributed by atoms with van der Waals surface area (Å²) >= 11 is 0. The van der Waals surface area contributed by atoms with Gasteiger partial charge in [0.1, 0.15) is 6.54 Å². The fourth-order valence-corrected chi connectivity index (χ4v) is 1.60. The van der Waals surface area contributed by atoms with E-state index in [0.29, 0.717) is 0 Å². The van der Waals surface area contributed by atoms with Crippen LogP contribution in [0.4, 0.5) is 16.2 Å². The van der Waals surface area contributed by atoms with Crippen molar-refractivity contribution in [1.29, 1.82) is 0 Å². The molecule has 0 saturated carbocycles. The van der Waals surface area contributed by atoms with Gasteiger partial charge in [-0.2, -0.15) is 0 Å². The van der Waals surface area contributed by atoms with Crippen LogP contribution in [0, 0.1) is 10.1 Å². The number of carboxylic acid groups (broad SMARTS) is 1. The molecule has 1 aromatic rings. The van der Waals surface area contributed by atoms with Crippen molar-refractivity contribution in [1.82, 2.24) is 4.90 Å². The van der Waals surface area contributed by atoms with E-state index >= 15 is 0 Å². The van der Waals surface area contributed by atoms with Crippen LogP contribution < -0.4 is 10.1 Å². The third-order valence-electron chi connectivity index (χ3n) is 2.62. The summed E-state index contributed by atoms with van der Waals surface area (Å²) in [5.74, 6) is -1.08. The van der Waals surface area contributed by atoms with Gasteiger partial charge >= 0.3 is 17.7 Å². The Balaban J connectivity index is 2.92. The third-order valence-corrected chi connectivity index (χ3v) is 2.62. The van der Waals surface area contributed by atoms with E-state index in [9.17, 15) is 19.7 Å². The predicted molar refractivity (Wildman–Crippen MR) is 73.5 cm³/mol. The standard InChI is InChI=1S/C12H15N3O6/c1-3-14(7-11(16)17)12(18)13-8-4-5-10(21-2)9(6-8)15(19)20/h4-6H,3,7H2,1-2H3,(H,13,18)(H,16,17). The maximum Gasteiger partial charge on any atom is 0.323 e. The minimum atomic E-state index is -1.15. The fourth-order valence-electron chi connectivity index (χ4n) is 1.60. The summed E-state index contributed by atoms with van der Waals surface area (Å²) in [7, 11) is 1.30. The molecular formula is C12H15N3O6. The lowest BCUT2D eigenvalue weighted by molar-refractivity contribution is -0.385. The summed E-state index contributed by atoms with van der Waals surface area (Å²) in [5, 5.41) is 22.0. The molecule has 0 fully saturated rings. The van der Waals surface area contributed by atoms with Gasteiger partial charge in [0.05, 0.1) is 12.0 Å². The number of aliphatic carboxylic acids is 1. The van der Waals surface area contributed by atoms with Crippen LogP contribution in [0.15, 0.2) is 18.2 Å². The smallest absolute Gasteiger partial charge is 0.323 e. The van der Waals surface area contributed by atoms with Gasteiger partial charge in [0, 0.05) is 18.3 Å². The van der Waals surface area contributed by atoms with Crippen LogP contribution in [0.3, 0.4) is 0 Å². The summed E-state index contributed by atoms with van der Waals surface area (Å²) in [6, 6.07) is 3.27. The number of anilines is 1. The monoisotopic (exact) mass is 297 g/mol. The fraction of sp³-hybridized carbons (Fsp3) is 0.333. The summed E-state index contributed by atoms with van der Waals surface area (Å²) in [4.78, 5) is 33.8. The highest BCUT2D eigenvalue weighted by Crippen LogP contribution is 2.29. The van der Waals surface area contributed by atoms with Gasteiger partial charge in [-0.3, -0.25) is 14.9 Å². The molecule has 0 aliphatic carbocycles. The van der Waals surface area contributed by atoms with Gasteiger partial charge in [-0.15, -0.1) is 0 Å². The van der Waals surface area contributed by atoms with Gasteiger partial charge in [0.15, 0.2) is 5.75 Å². The first-order valence-corrected chi connectivity index (χ1v) is 5.99. The average Bonchev–Trinajstić information content (AvgIpc) is 2.44. The largest absolute Gasteiger partial charge is 0.490 e. The lowest BCUT2D eigenvalue weighted by Crippen LogP contribution is -2.38. The molecule has 114 valence electrons. The summed E-state index contributed by atoms with van der Waals surface area (Å²) in [6.45, 7) is 1.36. The number of nitrogens with one attached hydrogen (secondary N) is 1. The Hall–Kier alpha value is -2.84. The number of carbonyl (C=O) groups is 2. The van der Waals surface area contributed by atoms with Crippen LogP contribution in [0.5, 0.6) is 5.75 Å². The average molecular weight is 297 g/mol. The number of carboxylic acids is 1. The van der Waals surface area contributed by atoms with Crippen molar-refractivity contribution in [2.45, 2.75) is 6.92 Å². The summed E-state index contributed by atoms with van der Waals surface area (Å²) in [5.41, 5.74) is -0.118. The number of benzene rings is 1. The highest BCUT2D eigenvalue weighted by Gasteiger charge is 2.18. The third kappa shape index (κ3) is 4.34. The van der Waals surface area contributed by atoms with E-state index in [-0.39, 0.29) is 23.7 Å². The summed E-state index contributed by atoms with van der Waals surface area (Å²) < 4.78 is 4.85. The van der Waals surface area contributed by atoms with Crippen molar-refractivity contribution in [2.24, 2.45) is 0 Å². The van der Waals surface area contributed by atoms with E-state index in [2.05, 4.69) is 5.32 Å². The minimum Gasteiger partial charge on any atom is -0.490 e. The van der Waals surface area contributed by atoms with Gasteiger partial charge in [-0.05, 0) is 19.1 Å². The van der Waals surface area contributed by atoms with Crippen LogP contribution in [0.1, 0.15) is 6.92 Å². The molecule has 2 N–H and O–H groups in total. The number of urea groups is 1. The second-order valence-electron chi connectivity index (χ2n) is 3.98. The molecule has 1 rings (SSSR count). The Bertz CT molecular complexity index is 560. The van der Waals surface area contributed by atoms with Crippen LogP contribution in [0.2, 0.25) is 0 Å². The first-order valence-electron chi connectivity index (χ1n) is 5.99. The molecule has 0 aromatic heterocycles. The van der Waals surface area contributed by atoms with Crippen molar-refractivity contribution in [3.05, 3.63) is 28.3 Å². The number of ether oxygens (including phenoxy) is 1. The van der Waals surface area contributed by atoms with Crippen molar-refractivity contribution in [3.8, 4) is 5.75 Å². The molecule has 0 atom stereocenters. The highest BCUT2D eigenvalue weighted by atomic mass is 16.6. The van der Waals surface area contributed by atoms with Gasteiger partial charge in [0.25, 0.3) is 0 Å². The number of likely N-dealkylation sites (N-methyl/N-ethyl adjacent to an activating group) is 1. The molecule has 0 heterocycles. The zero-order valence-electron chi connectivity index (χ0n) is 11.5. The molecule has 21 heavy (non-hydrogen) atoms. The van der Waals surface area contributed by atoms with Gasteiger partial charge < -0.3 is 20.1 Å². The molecule has 9 heteroatoms. The maximum absolute atomic E-state index is 11.9. The number of nitro groups is 1. The molecule has 0 aliphatic rings. The van der Waals surface area contributed by atoms with E-state index in [1.807, 2.05) is 0 Å². The molecule has 1 aromatic carbocycles. The second-order valence-corrected chi connectivity index (χ2v) is 3.98. The molecule has 9 nitrogen and oxygen atoms in total. The molecule has 2 amide bonds. The van der Waals surface area contributed by atoms with Crippen molar-refractivity contribution in [2.75, 3.05) is 25.5 Å². The van der Waals surface area contributed by atoms with Crippen molar-refractivity contribution >= 4 is 23.4 Å². The molecular weight excluding hydrogens is 282 g/mol. The van der Waals surface area contributed by atoms with Crippen LogP contribution in [-0.2, 0) is 4.79 Å². The van der Waals surface area contributed by atoms with Crippen molar-refractivity contribution < 1.29 is 24.4 Å². The van der Waals surface area contributed by atoms with Crippen LogP contribution in [-0.4, -0.2) is 47.1 Å². The van der Waals surface area contributed by atoms with E-state index in [0.717, 1.165) is 11.0 Å². The number of nitro benzene ring substituents is 1. The zero-order chi connectivity index (χ0) is 16.0. The van der Waals surface area contributed by atoms with Gasteiger partial charge in [0.2, 0.25) is 0 Å². The number of hydrogen-bond acceptors (Lipinski definition) is 5. The minimum absolute atomic E-state index is 0.0656. The molecule has 0 spiro atoms. The molecule has 0 aliphatic heterocycles. The van der Waals surface area contributed by atoms with Gasteiger partial charge in [-0.25, -0.2) is 4.79 Å². The highest BCUT2D eigenvalue weighted by molar-refractivity contribution is 5.91. The number of amides is 2. The molecule has 0 unspecified atom stereocenters. The zero-order valence-corrected chi connectivity index (χ0v) is 11.5. The molecule has 0 radical (unpaired) electrons. The van der Waals surface area contributed by atoms with Crippen LogP contribution >= 0.6 is 0 Å². The van der Waals surface area contributed by atoms with Crippen molar-refractivity contribution in [3.63, 3.8) is 0 Å². The lowest BCUT2D eigenvalue weighted by Gasteiger charge is -2.19. The second kappa shape index (κ2) is 7.08. The van der Waals surface area contributed by atoms with E-state index in [1.54, 1.807) is 6.92 Å². The van der Waals surface area contributed by atoms with E-state index in [4.69, 9.17) is 9.84 Å².